The van der Waals surface area contributed by atoms with E-state index in [1.54, 1.807) is 0 Å². The second kappa shape index (κ2) is 9.01. The van der Waals surface area contributed by atoms with Gasteiger partial charge in [0, 0.05) is 50.9 Å². The Kier molecular flexibility index (Phi) is 7.02. The normalized spacial score (nSPS) is 18.9. The van der Waals surface area contributed by atoms with E-state index in [4.69, 9.17) is 4.99 Å². The number of thioether (sulfide) groups is 1. The summed E-state index contributed by atoms with van der Waals surface area (Å²) in [7, 11) is 4.02. The summed E-state index contributed by atoms with van der Waals surface area (Å²) in [6.45, 7) is 8.15. The molecule has 23 heavy (non-hydrogen) atoms. The molecule has 0 saturated carbocycles. The molecular formula is C17H29N5S. The predicted octanol–water partition coefficient (Wildman–Crippen LogP) is 2.44. The molecule has 2 rings (SSSR count). The van der Waals surface area contributed by atoms with E-state index in [2.05, 4.69) is 46.9 Å². The molecule has 0 amide bonds. The number of aliphatic imine (C=N–C) groups is 1. The first kappa shape index (κ1) is 17.9. The van der Waals surface area contributed by atoms with E-state index in [9.17, 15) is 0 Å². The van der Waals surface area contributed by atoms with Gasteiger partial charge < -0.3 is 15.1 Å². The molecule has 1 aromatic rings. The highest BCUT2D eigenvalue weighted by atomic mass is 32.2. The fraction of sp³-hybridized carbons (Fsp3) is 0.647. The van der Waals surface area contributed by atoms with Crippen molar-refractivity contribution in [2.45, 2.75) is 32.1 Å². The minimum absolute atomic E-state index is 0.687. The molecule has 1 atom stereocenters. The summed E-state index contributed by atoms with van der Waals surface area (Å²) in [6.07, 6.45) is 3.08. The number of pyridine rings is 1. The van der Waals surface area contributed by atoms with Gasteiger partial charge in [-0.05, 0) is 31.0 Å². The van der Waals surface area contributed by atoms with E-state index in [1.165, 1.54) is 17.7 Å². The van der Waals surface area contributed by atoms with Gasteiger partial charge in [-0.15, -0.1) is 0 Å². The van der Waals surface area contributed by atoms with Gasteiger partial charge in [0.25, 0.3) is 0 Å². The van der Waals surface area contributed by atoms with Crippen LogP contribution in [-0.4, -0.2) is 60.6 Å². The Hall–Kier alpha value is -1.43. The molecule has 1 unspecified atom stereocenters. The Bertz CT molecular complexity index is 517. The van der Waals surface area contributed by atoms with Crippen LogP contribution < -0.4 is 10.2 Å². The summed E-state index contributed by atoms with van der Waals surface area (Å²) in [5, 5.41) is 4.16. The van der Waals surface area contributed by atoms with Crippen molar-refractivity contribution in [2.75, 3.05) is 44.4 Å². The number of rotatable bonds is 5. The zero-order valence-corrected chi connectivity index (χ0v) is 15.6. The molecule has 1 N–H and O–H groups in total. The molecule has 2 heterocycles. The molecular weight excluding hydrogens is 306 g/mol. The van der Waals surface area contributed by atoms with E-state index >= 15 is 0 Å². The van der Waals surface area contributed by atoms with Crippen molar-refractivity contribution < 1.29 is 0 Å². The number of aromatic nitrogens is 1. The largest absolute Gasteiger partial charge is 0.363 e. The first-order valence-corrected chi connectivity index (χ1v) is 9.46. The third-order valence-electron chi connectivity index (χ3n) is 3.91. The van der Waals surface area contributed by atoms with Crippen LogP contribution in [0.3, 0.4) is 0 Å². The molecule has 1 saturated heterocycles. The van der Waals surface area contributed by atoms with Crippen LogP contribution >= 0.6 is 11.8 Å². The molecule has 0 radical (unpaired) electrons. The summed E-state index contributed by atoms with van der Waals surface area (Å²) in [4.78, 5) is 13.6. The molecule has 0 aromatic carbocycles. The van der Waals surface area contributed by atoms with Gasteiger partial charge in [-0.3, -0.25) is 0 Å². The highest BCUT2D eigenvalue weighted by molar-refractivity contribution is 8.00. The molecule has 0 bridgehead atoms. The maximum absolute atomic E-state index is 4.85. The number of anilines is 1. The van der Waals surface area contributed by atoms with Crippen molar-refractivity contribution in [3.63, 3.8) is 0 Å². The molecule has 1 aliphatic rings. The molecule has 1 aromatic heterocycles. The van der Waals surface area contributed by atoms with Crippen LogP contribution in [0.4, 0.5) is 5.82 Å². The molecule has 1 fully saturated rings. The lowest BCUT2D eigenvalue weighted by atomic mass is 10.2. The van der Waals surface area contributed by atoms with Crippen molar-refractivity contribution in [2.24, 2.45) is 4.99 Å². The van der Waals surface area contributed by atoms with E-state index in [1.807, 2.05) is 31.3 Å². The number of guanidine groups is 1. The van der Waals surface area contributed by atoms with E-state index in [0.717, 1.165) is 31.4 Å². The van der Waals surface area contributed by atoms with Crippen molar-refractivity contribution in [1.29, 1.82) is 0 Å². The van der Waals surface area contributed by atoms with Crippen LogP contribution in [0.2, 0.25) is 0 Å². The van der Waals surface area contributed by atoms with E-state index in [0.29, 0.717) is 11.8 Å². The molecule has 5 nitrogen and oxygen atoms in total. The van der Waals surface area contributed by atoms with Gasteiger partial charge in [-0.1, -0.05) is 6.92 Å². The Balaban J connectivity index is 2.07. The second-order valence-corrected chi connectivity index (χ2v) is 7.34. The topological polar surface area (TPSA) is 43.8 Å². The number of hydrogen-bond acceptors (Lipinski definition) is 4. The van der Waals surface area contributed by atoms with Crippen LogP contribution in [0, 0.1) is 0 Å². The zero-order valence-electron chi connectivity index (χ0n) is 14.7. The maximum atomic E-state index is 4.85. The van der Waals surface area contributed by atoms with Gasteiger partial charge in [0.15, 0.2) is 5.96 Å². The predicted molar refractivity (Wildman–Crippen MR) is 101 cm³/mol. The van der Waals surface area contributed by atoms with Crippen molar-refractivity contribution in [3.8, 4) is 0 Å². The van der Waals surface area contributed by atoms with Gasteiger partial charge in [-0.2, -0.15) is 11.8 Å². The molecule has 128 valence electrons. The minimum Gasteiger partial charge on any atom is -0.363 e. The van der Waals surface area contributed by atoms with Crippen LogP contribution in [0.25, 0.3) is 0 Å². The van der Waals surface area contributed by atoms with Gasteiger partial charge in [0.05, 0.1) is 6.54 Å². The average molecular weight is 336 g/mol. The Morgan fingerprint density at radius 3 is 3.00 bits per heavy atom. The second-order valence-electron chi connectivity index (χ2n) is 5.93. The fourth-order valence-electron chi connectivity index (χ4n) is 2.55. The Morgan fingerprint density at radius 2 is 2.30 bits per heavy atom. The van der Waals surface area contributed by atoms with Crippen molar-refractivity contribution in [1.82, 2.24) is 15.2 Å². The van der Waals surface area contributed by atoms with Gasteiger partial charge in [0.1, 0.15) is 5.82 Å². The maximum Gasteiger partial charge on any atom is 0.194 e. The SMILES string of the molecule is CCNC(=NCc1ccnc(N(C)C)c1)N1CCSC(CC)C1. The highest BCUT2D eigenvalue weighted by Gasteiger charge is 2.21. The van der Waals surface area contributed by atoms with Crippen LogP contribution in [-0.2, 0) is 6.54 Å². The van der Waals surface area contributed by atoms with E-state index < -0.39 is 0 Å². The lowest BCUT2D eigenvalue weighted by Crippen LogP contribution is -2.48. The van der Waals surface area contributed by atoms with Gasteiger partial charge in [-0.25, -0.2) is 9.98 Å². The summed E-state index contributed by atoms with van der Waals surface area (Å²) in [5.74, 6) is 3.20. The standard InChI is InChI=1S/C17H29N5S/c1-5-15-13-22(9-10-23-15)17(18-6-2)20-12-14-7-8-19-16(11-14)21(3)4/h7-8,11,15H,5-6,9-10,12-13H2,1-4H3,(H,18,20). The van der Waals surface area contributed by atoms with Crippen LogP contribution in [0.15, 0.2) is 23.3 Å². The van der Waals surface area contributed by atoms with E-state index in [-0.39, 0.29) is 0 Å². The first-order chi connectivity index (χ1) is 11.1. The third kappa shape index (κ3) is 5.30. The fourth-order valence-corrected chi connectivity index (χ4v) is 3.73. The monoisotopic (exact) mass is 335 g/mol. The lowest BCUT2D eigenvalue weighted by Gasteiger charge is -2.34. The summed E-state index contributed by atoms with van der Waals surface area (Å²) >= 11 is 2.08. The Morgan fingerprint density at radius 1 is 1.48 bits per heavy atom. The summed E-state index contributed by atoms with van der Waals surface area (Å²) < 4.78 is 0. The number of nitrogens with zero attached hydrogens (tertiary/aromatic N) is 4. The number of hydrogen-bond donors (Lipinski definition) is 1. The number of nitrogens with one attached hydrogen (secondary N) is 1. The molecule has 0 aliphatic carbocycles. The zero-order chi connectivity index (χ0) is 16.7. The van der Waals surface area contributed by atoms with Gasteiger partial charge >= 0.3 is 0 Å². The highest BCUT2D eigenvalue weighted by Crippen LogP contribution is 2.21. The lowest BCUT2D eigenvalue weighted by molar-refractivity contribution is 0.408. The van der Waals surface area contributed by atoms with Crippen molar-refractivity contribution in [3.05, 3.63) is 23.9 Å². The summed E-state index contributed by atoms with van der Waals surface area (Å²) in [6, 6.07) is 4.15. The van der Waals surface area contributed by atoms with Gasteiger partial charge in [0.2, 0.25) is 0 Å². The van der Waals surface area contributed by atoms with Crippen molar-refractivity contribution >= 4 is 23.5 Å². The summed E-state index contributed by atoms with van der Waals surface area (Å²) in [5.41, 5.74) is 1.19. The molecule has 0 spiro atoms. The van der Waals surface area contributed by atoms with Crippen LogP contribution in [0.5, 0.6) is 0 Å². The quantitative estimate of drug-likeness (QED) is 0.661. The molecule has 6 heteroatoms. The average Bonchev–Trinajstić information content (AvgIpc) is 2.59. The van der Waals surface area contributed by atoms with Crippen LogP contribution in [0.1, 0.15) is 25.8 Å². The molecule has 1 aliphatic heterocycles. The Labute approximate surface area is 144 Å². The minimum atomic E-state index is 0.687. The third-order valence-corrected chi connectivity index (χ3v) is 5.28. The smallest absolute Gasteiger partial charge is 0.194 e. The first-order valence-electron chi connectivity index (χ1n) is 8.41.